The molecule has 0 spiro atoms. The summed E-state index contributed by atoms with van der Waals surface area (Å²) in [6.45, 7) is 6.84. The molecule has 1 heteroatoms. The van der Waals surface area contributed by atoms with Crippen molar-refractivity contribution < 1.29 is 0 Å². The van der Waals surface area contributed by atoms with E-state index in [9.17, 15) is 0 Å². The summed E-state index contributed by atoms with van der Waals surface area (Å²) >= 11 is 0. The van der Waals surface area contributed by atoms with Gasteiger partial charge in [-0.05, 0) is 66.9 Å². The summed E-state index contributed by atoms with van der Waals surface area (Å²) in [4.78, 5) is 4.89. The molecule has 1 nitrogen and oxygen atoms in total. The minimum atomic E-state index is 0.694. The maximum Gasteiger partial charge on any atom is 0.0709 e. The highest BCUT2D eigenvalue weighted by molar-refractivity contribution is 5.81. The number of rotatable bonds is 3. The second-order valence-corrected chi connectivity index (χ2v) is 6.88. The monoisotopic (exact) mass is 279 g/mol. The lowest BCUT2D eigenvalue weighted by Crippen LogP contribution is -2.01. The molecule has 0 fully saturated rings. The Morgan fingerprint density at radius 3 is 2.81 bits per heavy atom. The van der Waals surface area contributed by atoms with E-state index in [1.165, 1.54) is 41.5 Å². The molecule has 0 radical (unpaired) electrons. The van der Waals surface area contributed by atoms with Gasteiger partial charge in [-0.2, -0.15) is 0 Å². The molecule has 1 aromatic carbocycles. The van der Waals surface area contributed by atoms with Crippen LogP contribution in [0, 0.1) is 11.8 Å². The van der Waals surface area contributed by atoms with Gasteiger partial charge in [-0.1, -0.05) is 39.0 Å². The number of pyridine rings is 1. The highest BCUT2D eigenvalue weighted by Crippen LogP contribution is 2.29. The van der Waals surface area contributed by atoms with Crippen LogP contribution in [-0.2, 0) is 6.42 Å². The third-order valence-corrected chi connectivity index (χ3v) is 4.32. The summed E-state index contributed by atoms with van der Waals surface area (Å²) in [5, 5.41) is 1.27. The van der Waals surface area contributed by atoms with E-state index in [4.69, 9.17) is 4.98 Å². The third kappa shape index (κ3) is 3.34. The van der Waals surface area contributed by atoms with E-state index in [0.717, 1.165) is 11.9 Å². The first-order valence-electron chi connectivity index (χ1n) is 8.22. The second-order valence-electron chi connectivity index (χ2n) is 6.88. The summed E-state index contributed by atoms with van der Waals surface area (Å²) < 4.78 is 0. The van der Waals surface area contributed by atoms with Gasteiger partial charge in [0, 0.05) is 5.39 Å². The summed E-state index contributed by atoms with van der Waals surface area (Å²) in [7, 11) is 0. The molecule has 3 rings (SSSR count). The lowest BCUT2D eigenvalue weighted by molar-refractivity contribution is 0.592. The van der Waals surface area contributed by atoms with E-state index in [0.29, 0.717) is 11.8 Å². The molecule has 0 saturated heterocycles. The van der Waals surface area contributed by atoms with Crippen LogP contribution in [0.15, 0.2) is 36.4 Å². The van der Waals surface area contributed by atoms with E-state index in [2.05, 4.69) is 57.2 Å². The lowest BCUT2D eigenvalue weighted by Gasteiger charge is -2.17. The lowest BCUT2D eigenvalue weighted by atomic mass is 9.90. The van der Waals surface area contributed by atoms with Crippen molar-refractivity contribution >= 4 is 16.5 Å². The van der Waals surface area contributed by atoms with Gasteiger partial charge >= 0.3 is 0 Å². The number of benzene rings is 1. The van der Waals surface area contributed by atoms with Crippen LogP contribution in [0.25, 0.3) is 16.5 Å². The van der Waals surface area contributed by atoms with Crippen molar-refractivity contribution in [2.45, 2.75) is 46.5 Å². The van der Waals surface area contributed by atoms with Crippen LogP contribution in [0.4, 0.5) is 0 Å². The fourth-order valence-corrected chi connectivity index (χ4v) is 3.29. The van der Waals surface area contributed by atoms with E-state index >= 15 is 0 Å². The molecule has 0 amide bonds. The van der Waals surface area contributed by atoms with Crippen LogP contribution in [0.1, 0.15) is 51.3 Å². The molecule has 110 valence electrons. The zero-order valence-corrected chi connectivity index (χ0v) is 13.4. The third-order valence-electron chi connectivity index (χ3n) is 4.32. The molecule has 1 unspecified atom stereocenters. The minimum absolute atomic E-state index is 0.694. The number of fused-ring (bicyclic) bond motifs is 1. The fourth-order valence-electron chi connectivity index (χ4n) is 3.29. The summed E-state index contributed by atoms with van der Waals surface area (Å²) in [6.07, 6.45) is 7.33. The second kappa shape index (κ2) is 6.01. The summed E-state index contributed by atoms with van der Waals surface area (Å²) in [6, 6.07) is 11.2. The number of hydrogen-bond acceptors (Lipinski definition) is 1. The van der Waals surface area contributed by atoms with Crippen molar-refractivity contribution in [3.8, 4) is 0 Å². The Balaban J connectivity index is 1.94. The van der Waals surface area contributed by atoms with Gasteiger partial charge in [-0.25, -0.2) is 4.98 Å². The molecule has 1 aliphatic rings. The van der Waals surface area contributed by atoms with Crippen molar-refractivity contribution in [2.24, 2.45) is 11.8 Å². The number of nitrogens with zero attached hydrogens (tertiary/aromatic N) is 1. The summed E-state index contributed by atoms with van der Waals surface area (Å²) in [5.41, 5.74) is 5.14. The Labute approximate surface area is 128 Å². The Kier molecular flexibility index (Phi) is 4.10. The molecular formula is C20H25N. The molecule has 0 saturated carbocycles. The van der Waals surface area contributed by atoms with Gasteiger partial charge in [0.1, 0.15) is 0 Å². The highest BCUT2D eigenvalue weighted by Gasteiger charge is 2.12. The maximum absolute atomic E-state index is 4.89. The Morgan fingerprint density at radius 1 is 1.19 bits per heavy atom. The molecule has 0 N–H and O–H groups in total. The Bertz CT molecular complexity index is 667. The van der Waals surface area contributed by atoms with Crippen LogP contribution >= 0.6 is 0 Å². The first-order valence-corrected chi connectivity index (χ1v) is 8.22. The van der Waals surface area contributed by atoms with Gasteiger partial charge in [0.2, 0.25) is 0 Å². The Morgan fingerprint density at radius 2 is 2.05 bits per heavy atom. The van der Waals surface area contributed by atoms with Crippen LogP contribution in [0.5, 0.6) is 0 Å². The van der Waals surface area contributed by atoms with Crippen LogP contribution in [0.3, 0.4) is 0 Å². The molecule has 1 atom stereocenters. The van der Waals surface area contributed by atoms with E-state index in [-0.39, 0.29) is 0 Å². The highest BCUT2D eigenvalue weighted by atomic mass is 14.7. The average molecular weight is 279 g/mol. The predicted octanol–water partition coefficient (Wildman–Crippen LogP) is 5.64. The van der Waals surface area contributed by atoms with Crippen LogP contribution < -0.4 is 0 Å². The number of aromatic nitrogens is 1. The van der Waals surface area contributed by atoms with Crippen molar-refractivity contribution in [2.75, 3.05) is 0 Å². The number of hydrogen-bond donors (Lipinski definition) is 0. The molecule has 1 heterocycles. The topological polar surface area (TPSA) is 12.9 Å². The minimum Gasteiger partial charge on any atom is -0.248 e. The molecule has 1 aromatic heterocycles. The largest absolute Gasteiger partial charge is 0.248 e. The van der Waals surface area contributed by atoms with Gasteiger partial charge in [0.25, 0.3) is 0 Å². The molecule has 2 aromatic rings. The smallest absolute Gasteiger partial charge is 0.0709 e. The van der Waals surface area contributed by atoms with E-state index in [1.54, 1.807) is 0 Å². The first-order chi connectivity index (χ1) is 10.1. The predicted molar refractivity (Wildman–Crippen MR) is 91.3 cm³/mol. The molecule has 0 aliphatic heterocycles. The van der Waals surface area contributed by atoms with Crippen molar-refractivity contribution in [1.29, 1.82) is 0 Å². The fraction of sp³-hybridized carbons (Fsp3) is 0.450. The molecule has 1 aliphatic carbocycles. The van der Waals surface area contributed by atoms with Gasteiger partial charge in [0.15, 0.2) is 0 Å². The number of allylic oxidation sites excluding steroid dienone is 2. The standard InChI is InChI=1S/C20H25N/c1-14(2)11-16-7-9-19-18(13-16)8-10-20(21-19)17-6-4-5-15(3)12-17/h7-10,12-15H,4-6,11H2,1-3H3. The van der Waals surface area contributed by atoms with Crippen molar-refractivity contribution in [3.63, 3.8) is 0 Å². The van der Waals surface area contributed by atoms with Crippen molar-refractivity contribution in [1.82, 2.24) is 4.98 Å². The average Bonchev–Trinajstić information content (AvgIpc) is 2.46. The summed E-state index contributed by atoms with van der Waals surface area (Å²) in [5.74, 6) is 1.39. The SMILES string of the molecule is CC(C)Cc1ccc2nc(C3=CC(C)CCC3)ccc2c1. The van der Waals surface area contributed by atoms with Crippen LogP contribution in [0.2, 0.25) is 0 Å². The van der Waals surface area contributed by atoms with Gasteiger partial charge in [0.05, 0.1) is 11.2 Å². The Hall–Kier alpha value is -1.63. The van der Waals surface area contributed by atoms with Gasteiger partial charge < -0.3 is 0 Å². The quantitative estimate of drug-likeness (QED) is 0.709. The van der Waals surface area contributed by atoms with Gasteiger partial charge in [-0.3, -0.25) is 0 Å². The zero-order valence-electron chi connectivity index (χ0n) is 13.4. The first kappa shape index (κ1) is 14.3. The zero-order chi connectivity index (χ0) is 14.8. The van der Waals surface area contributed by atoms with E-state index < -0.39 is 0 Å². The molecule has 0 bridgehead atoms. The van der Waals surface area contributed by atoms with Crippen LogP contribution in [-0.4, -0.2) is 4.98 Å². The molecular weight excluding hydrogens is 254 g/mol. The van der Waals surface area contributed by atoms with Crippen molar-refractivity contribution in [3.05, 3.63) is 47.7 Å². The normalized spacial score (nSPS) is 19.0. The van der Waals surface area contributed by atoms with Gasteiger partial charge in [-0.15, -0.1) is 0 Å². The maximum atomic E-state index is 4.89. The molecule has 21 heavy (non-hydrogen) atoms. The van der Waals surface area contributed by atoms with E-state index in [1.807, 2.05) is 0 Å².